The number of hydrogen-bond acceptors (Lipinski definition) is 7. The van der Waals surface area contributed by atoms with Gasteiger partial charge in [0.2, 0.25) is 5.95 Å². The molecule has 0 atom stereocenters. The second-order valence-corrected chi connectivity index (χ2v) is 4.99. The highest BCUT2D eigenvalue weighted by Gasteiger charge is 2.10. The highest BCUT2D eigenvalue weighted by atomic mass is 16.5. The fraction of sp³-hybridized carbons (Fsp3) is 0.294. The minimum absolute atomic E-state index is 0.0466. The Morgan fingerprint density at radius 3 is 2.62 bits per heavy atom. The van der Waals surface area contributed by atoms with Crippen molar-refractivity contribution >= 4 is 17.7 Å². The number of nitrogens with one attached hydrogen (secondary N) is 1. The Labute approximate surface area is 140 Å². The molecule has 0 spiro atoms. The largest absolute Gasteiger partial charge is 0.496 e. The second kappa shape index (κ2) is 8.61. The molecular weight excluding hydrogens is 310 g/mol. The van der Waals surface area contributed by atoms with E-state index < -0.39 is 0 Å². The zero-order valence-electron chi connectivity index (χ0n) is 13.6. The van der Waals surface area contributed by atoms with Crippen molar-refractivity contribution in [1.29, 1.82) is 0 Å². The van der Waals surface area contributed by atoms with Gasteiger partial charge in [-0.05, 0) is 31.2 Å². The van der Waals surface area contributed by atoms with Crippen molar-refractivity contribution in [3.8, 4) is 5.75 Å². The standard InChI is InChI=1S/C17H19N3O4/c1-12(21)13-4-5-15(23-2)14(10-13)11-24-16(22)6-9-20-17-18-7-3-8-19-17/h3-5,7-8,10H,6,9,11H2,1-2H3,(H,18,19,20). The van der Waals surface area contributed by atoms with E-state index in [1.54, 1.807) is 36.7 Å². The summed E-state index contributed by atoms with van der Waals surface area (Å²) < 4.78 is 10.5. The highest BCUT2D eigenvalue weighted by Crippen LogP contribution is 2.21. The Bertz CT molecular complexity index is 704. The van der Waals surface area contributed by atoms with E-state index in [9.17, 15) is 9.59 Å². The molecule has 2 aromatic rings. The third kappa shape index (κ3) is 5.05. The molecule has 0 fully saturated rings. The molecule has 2 rings (SSSR count). The van der Waals surface area contributed by atoms with Gasteiger partial charge in [0.1, 0.15) is 12.4 Å². The van der Waals surface area contributed by atoms with Gasteiger partial charge < -0.3 is 14.8 Å². The number of ketones is 1. The van der Waals surface area contributed by atoms with E-state index in [2.05, 4.69) is 15.3 Å². The lowest BCUT2D eigenvalue weighted by Gasteiger charge is -2.11. The Hall–Kier alpha value is -2.96. The number of carbonyl (C=O) groups is 2. The van der Waals surface area contributed by atoms with E-state index in [4.69, 9.17) is 9.47 Å². The van der Waals surface area contributed by atoms with Gasteiger partial charge in [0, 0.05) is 30.1 Å². The van der Waals surface area contributed by atoms with Crippen LogP contribution in [0.5, 0.6) is 5.75 Å². The summed E-state index contributed by atoms with van der Waals surface area (Å²) in [6, 6.07) is 6.75. The van der Waals surface area contributed by atoms with Gasteiger partial charge in [-0.1, -0.05) is 0 Å². The summed E-state index contributed by atoms with van der Waals surface area (Å²) in [7, 11) is 1.53. The first-order valence-corrected chi connectivity index (χ1v) is 7.44. The van der Waals surface area contributed by atoms with Gasteiger partial charge in [0.25, 0.3) is 0 Å². The van der Waals surface area contributed by atoms with E-state index in [0.717, 1.165) is 0 Å². The quantitative estimate of drug-likeness (QED) is 0.586. The Balaban J connectivity index is 1.84. The molecule has 0 saturated heterocycles. The van der Waals surface area contributed by atoms with Crippen LogP contribution in [0.1, 0.15) is 29.3 Å². The predicted octanol–water partition coefficient (Wildman–Crippen LogP) is 2.23. The fourth-order valence-corrected chi connectivity index (χ4v) is 2.01. The first-order chi connectivity index (χ1) is 11.6. The molecule has 126 valence electrons. The normalized spacial score (nSPS) is 10.1. The van der Waals surface area contributed by atoms with E-state index >= 15 is 0 Å². The van der Waals surface area contributed by atoms with Crippen molar-refractivity contribution in [2.24, 2.45) is 0 Å². The van der Waals surface area contributed by atoms with Crippen LogP contribution in [0.2, 0.25) is 0 Å². The Kier molecular flexibility index (Phi) is 6.24. The molecule has 1 N–H and O–H groups in total. The highest BCUT2D eigenvalue weighted by molar-refractivity contribution is 5.94. The maximum Gasteiger partial charge on any atom is 0.307 e. The molecule has 1 aromatic heterocycles. The Morgan fingerprint density at radius 2 is 1.96 bits per heavy atom. The van der Waals surface area contributed by atoms with Crippen LogP contribution in [0.3, 0.4) is 0 Å². The van der Waals surface area contributed by atoms with Crippen LogP contribution in [0, 0.1) is 0 Å². The summed E-state index contributed by atoms with van der Waals surface area (Å²) in [5, 5.41) is 2.93. The van der Waals surface area contributed by atoms with Crippen molar-refractivity contribution in [2.45, 2.75) is 20.0 Å². The van der Waals surface area contributed by atoms with Crippen LogP contribution in [0.25, 0.3) is 0 Å². The average Bonchev–Trinajstić information content (AvgIpc) is 2.60. The lowest BCUT2D eigenvalue weighted by molar-refractivity contribution is -0.144. The van der Waals surface area contributed by atoms with Crippen LogP contribution in [-0.2, 0) is 16.1 Å². The van der Waals surface area contributed by atoms with Crippen molar-refractivity contribution < 1.29 is 19.1 Å². The minimum atomic E-state index is -0.367. The maximum absolute atomic E-state index is 11.8. The average molecular weight is 329 g/mol. The van der Waals surface area contributed by atoms with Gasteiger partial charge in [-0.25, -0.2) is 9.97 Å². The Morgan fingerprint density at radius 1 is 1.21 bits per heavy atom. The topological polar surface area (TPSA) is 90.4 Å². The molecule has 0 amide bonds. The van der Waals surface area contributed by atoms with Crippen molar-refractivity contribution in [3.63, 3.8) is 0 Å². The number of Topliss-reactive ketones (excluding diaryl/α,β-unsaturated/α-hetero) is 1. The summed E-state index contributed by atoms with van der Waals surface area (Å²) in [6.45, 7) is 1.90. The number of esters is 1. The third-order valence-corrected chi connectivity index (χ3v) is 3.25. The van der Waals surface area contributed by atoms with Gasteiger partial charge in [-0.2, -0.15) is 0 Å². The molecule has 0 saturated carbocycles. The van der Waals surface area contributed by atoms with Crippen LogP contribution < -0.4 is 10.1 Å². The smallest absolute Gasteiger partial charge is 0.307 e. The van der Waals surface area contributed by atoms with Gasteiger partial charge in [0.15, 0.2) is 5.78 Å². The third-order valence-electron chi connectivity index (χ3n) is 3.25. The molecule has 7 nitrogen and oxygen atoms in total. The molecule has 1 aromatic carbocycles. The molecule has 7 heteroatoms. The predicted molar refractivity (Wildman–Crippen MR) is 87.9 cm³/mol. The van der Waals surface area contributed by atoms with Crippen molar-refractivity contribution in [1.82, 2.24) is 9.97 Å². The van der Waals surface area contributed by atoms with Gasteiger partial charge in [-0.15, -0.1) is 0 Å². The summed E-state index contributed by atoms with van der Waals surface area (Å²) >= 11 is 0. The molecule has 0 aliphatic carbocycles. The molecule has 0 aliphatic rings. The molecule has 0 radical (unpaired) electrons. The molecule has 1 heterocycles. The number of nitrogens with zero attached hydrogens (tertiary/aromatic N) is 2. The number of carbonyl (C=O) groups excluding carboxylic acids is 2. The molecular formula is C17H19N3O4. The number of hydrogen-bond donors (Lipinski definition) is 1. The van der Waals surface area contributed by atoms with E-state index in [0.29, 0.717) is 29.4 Å². The zero-order valence-corrected chi connectivity index (χ0v) is 13.6. The monoisotopic (exact) mass is 329 g/mol. The first kappa shape index (κ1) is 17.4. The van der Waals surface area contributed by atoms with Crippen LogP contribution >= 0.6 is 0 Å². The lowest BCUT2D eigenvalue weighted by atomic mass is 10.1. The maximum atomic E-state index is 11.8. The number of methoxy groups -OCH3 is 1. The summed E-state index contributed by atoms with van der Waals surface area (Å²) in [6.07, 6.45) is 3.40. The number of benzene rings is 1. The summed E-state index contributed by atoms with van der Waals surface area (Å²) in [4.78, 5) is 31.2. The fourth-order valence-electron chi connectivity index (χ4n) is 2.01. The number of rotatable bonds is 8. The van der Waals surface area contributed by atoms with Crippen LogP contribution in [0.4, 0.5) is 5.95 Å². The minimum Gasteiger partial charge on any atom is -0.496 e. The molecule has 0 bridgehead atoms. The van der Waals surface area contributed by atoms with Gasteiger partial charge in [0.05, 0.1) is 13.5 Å². The van der Waals surface area contributed by atoms with Gasteiger partial charge in [-0.3, -0.25) is 9.59 Å². The van der Waals surface area contributed by atoms with Crippen LogP contribution in [0.15, 0.2) is 36.7 Å². The zero-order chi connectivity index (χ0) is 17.4. The van der Waals surface area contributed by atoms with Gasteiger partial charge >= 0.3 is 5.97 Å². The van der Waals surface area contributed by atoms with Crippen molar-refractivity contribution in [2.75, 3.05) is 19.0 Å². The number of anilines is 1. The molecule has 0 aliphatic heterocycles. The van der Waals surface area contributed by atoms with Crippen LogP contribution in [-0.4, -0.2) is 35.4 Å². The number of ether oxygens (including phenoxy) is 2. The first-order valence-electron chi connectivity index (χ1n) is 7.44. The molecule has 0 unspecified atom stereocenters. The second-order valence-electron chi connectivity index (χ2n) is 4.99. The van der Waals surface area contributed by atoms with Crippen molar-refractivity contribution in [3.05, 3.63) is 47.8 Å². The summed E-state index contributed by atoms with van der Waals surface area (Å²) in [5.41, 5.74) is 1.20. The van der Waals surface area contributed by atoms with E-state index in [1.165, 1.54) is 14.0 Å². The SMILES string of the molecule is COc1ccc(C(C)=O)cc1COC(=O)CCNc1ncccn1. The number of aromatic nitrogens is 2. The molecule has 24 heavy (non-hydrogen) atoms. The summed E-state index contributed by atoms with van der Waals surface area (Å²) in [5.74, 6) is 0.607. The van der Waals surface area contributed by atoms with E-state index in [1.807, 2.05) is 0 Å². The lowest BCUT2D eigenvalue weighted by Crippen LogP contribution is -2.13. The van der Waals surface area contributed by atoms with E-state index in [-0.39, 0.29) is 24.8 Å².